The molecule has 0 atom stereocenters. The first kappa shape index (κ1) is 16.5. The molecule has 0 spiro atoms. The third-order valence-electron chi connectivity index (χ3n) is 3.12. The Morgan fingerprint density at radius 1 is 1.05 bits per heavy atom. The minimum atomic E-state index is -3.63. The van der Waals surface area contributed by atoms with E-state index in [0.29, 0.717) is 10.2 Å². The van der Waals surface area contributed by atoms with Crippen LogP contribution in [0.5, 0.6) is 0 Å². The maximum Gasteiger partial charge on any atom is 0.263 e. The second-order valence-electron chi connectivity index (χ2n) is 4.69. The van der Waals surface area contributed by atoms with Crippen molar-refractivity contribution in [1.29, 1.82) is 0 Å². The fraction of sp³-hybridized carbons (Fsp3) is 0.200. The fourth-order valence-electron chi connectivity index (χ4n) is 1.85. The molecule has 2 aromatic carbocycles. The van der Waals surface area contributed by atoms with E-state index >= 15 is 0 Å². The number of anilines is 1. The van der Waals surface area contributed by atoms with Gasteiger partial charge in [0.25, 0.3) is 10.0 Å². The third kappa shape index (κ3) is 3.87. The Kier molecular flexibility index (Phi) is 5.11. The van der Waals surface area contributed by atoms with Crippen LogP contribution in [0.4, 0.5) is 5.69 Å². The highest BCUT2D eigenvalue weighted by atomic mass is 79.9. The standard InChI is InChI=1S/C15H15Br2NO2S/c1-3-11-4-6-12(7-5-11)18-21(19,20)15-9-13(16)10(2)8-14(15)17/h4-9,18H,3H2,1-2H3. The summed E-state index contributed by atoms with van der Waals surface area (Å²) in [6.45, 7) is 3.96. The molecule has 0 radical (unpaired) electrons. The van der Waals surface area contributed by atoms with E-state index in [1.807, 2.05) is 19.1 Å². The van der Waals surface area contributed by atoms with Gasteiger partial charge in [0.15, 0.2) is 0 Å². The number of benzene rings is 2. The van der Waals surface area contributed by atoms with Gasteiger partial charge in [-0.15, -0.1) is 0 Å². The van der Waals surface area contributed by atoms with Gasteiger partial charge in [-0.1, -0.05) is 35.0 Å². The van der Waals surface area contributed by atoms with E-state index in [9.17, 15) is 8.42 Å². The smallest absolute Gasteiger partial charge is 0.263 e. The predicted molar refractivity (Wildman–Crippen MR) is 93.2 cm³/mol. The zero-order valence-electron chi connectivity index (χ0n) is 11.7. The van der Waals surface area contributed by atoms with Crippen molar-refractivity contribution < 1.29 is 8.42 Å². The van der Waals surface area contributed by atoms with Crippen molar-refractivity contribution in [2.75, 3.05) is 4.72 Å². The van der Waals surface area contributed by atoms with Gasteiger partial charge in [-0.25, -0.2) is 8.42 Å². The first-order valence-electron chi connectivity index (χ1n) is 6.41. The third-order valence-corrected chi connectivity index (χ3v) is 6.31. The summed E-state index contributed by atoms with van der Waals surface area (Å²) in [6, 6.07) is 10.7. The molecule has 1 N–H and O–H groups in total. The van der Waals surface area contributed by atoms with Gasteiger partial charge in [0, 0.05) is 14.6 Å². The number of sulfonamides is 1. The summed E-state index contributed by atoms with van der Waals surface area (Å²) in [5.74, 6) is 0. The lowest BCUT2D eigenvalue weighted by Gasteiger charge is -2.11. The average molecular weight is 433 g/mol. The Bertz CT molecular complexity index is 756. The minimum Gasteiger partial charge on any atom is -0.280 e. The maximum atomic E-state index is 12.5. The molecule has 112 valence electrons. The Morgan fingerprint density at radius 2 is 1.67 bits per heavy atom. The van der Waals surface area contributed by atoms with Crippen LogP contribution in [-0.2, 0) is 16.4 Å². The molecule has 0 amide bonds. The van der Waals surface area contributed by atoms with E-state index in [-0.39, 0.29) is 4.90 Å². The molecule has 0 aliphatic rings. The number of halogens is 2. The Balaban J connectivity index is 2.35. The van der Waals surface area contributed by atoms with Crippen LogP contribution in [-0.4, -0.2) is 8.42 Å². The van der Waals surface area contributed by atoms with E-state index in [0.717, 1.165) is 22.0 Å². The molecule has 0 aliphatic heterocycles. The summed E-state index contributed by atoms with van der Waals surface area (Å²) in [4.78, 5) is 0.208. The van der Waals surface area contributed by atoms with Crippen LogP contribution in [0.25, 0.3) is 0 Å². The van der Waals surface area contributed by atoms with E-state index in [1.54, 1.807) is 24.3 Å². The van der Waals surface area contributed by atoms with Crippen LogP contribution in [0.2, 0.25) is 0 Å². The van der Waals surface area contributed by atoms with Crippen LogP contribution in [0.1, 0.15) is 18.1 Å². The summed E-state index contributed by atoms with van der Waals surface area (Å²) in [6.07, 6.45) is 0.920. The highest BCUT2D eigenvalue weighted by Crippen LogP contribution is 2.30. The van der Waals surface area contributed by atoms with E-state index < -0.39 is 10.0 Å². The van der Waals surface area contributed by atoms with Gasteiger partial charge in [-0.05, 0) is 64.7 Å². The first-order valence-corrected chi connectivity index (χ1v) is 9.48. The summed E-state index contributed by atoms with van der Waals surface area (Å²) < 4.78 is 28.9. The molecule has 0 fully saturated rings. The number of aryl methyl sites for hydroxylation is 2. The number of hydrogen-bond acceptors (Lipinski definition) is 2. The van der Waals surface area contributed by atoms with Crippen LogP contribution in [0.3, 0.4) is 0 Å². The van der Waals surface area contributed by atoms with Crippen molar-refractivity contribution in [3.8, 4) is 0 Å². The topological polar surface area (TPSA) is 46.2 Å². The molecule has 6 heteroatoms. The quantitative estimate of drug-likeness (QED) is 0.747. The molecule has 21 heavy (non-hydrogen) atoms. The normalized spacial score (nSPS) is 11.4. The van der Waals surface area contributed by atoms with Crippen molar-refractivity contribution in [2.45, 2.75) is 25.2 Å². The van der Waals surface area contributed by atoms with Crippen molar-refractivity contribution >= 4 is 47.6 Å². The second kappa shape index (κ2) is 6.50. The van der Waals surface area contributed by atoms with Crippen molar-refractivity contribution in [3.05, 3.63) is 56.5 Å². The van der Waals surface area contributed by atoms with Crippen LogP contribution < -0.4 is 4.72 Å². The first-order chi connectivity index (χ1) is 9.83. The molecule has 0 heterocycles. The van der Waals surface area contributed by atoms with Gasteiger partial charge in [0.1, 0.15) is 4.90 Å². The van der Waals surface area contributed by atoms with Crippen molar-refractivity contribution in [2.24, 2.45) is 0 Å². The van der Waals surface area contributed by atoms with Gasteiger partial charge in [0.05, 0.1) is 0 Å². The molecule has 0 unspecified atom stereocenters. The molecule has 2 rings (SSSR count). The summed E-state index contributed by atoms with van der Waals surface area (Å²) in [5.41, 5.74) is 2.68. The predicted octanol–water partition coefficient (Wildman–Crippen LogP) is 4.88. The summed E-state index contributed by atoms with van der Waals surface area (Å²) in [5, 5.41) is 0. The highest BCUT2D eigenvalue weighted by molar-refractivity contribution is 9.11. The number of rotatable bonds is 4. The summed E-state index contributed by atoms with van der Waals surface area (Å²) >= 11 is 6.68. The zero-order valence-corrected chi connectivity index (χ0v) is 15.6. The zero-order chi connectivity index (χ0) is 15.6. The van der Waals surface area contributed by atoms with E-state index in [2.05, 4.69) is 43.5 Å². The Hall–Kier alpha value is -0.850. The molecule has 3 nitrogen and oxygen atoms in total. The molecule has 0 bridgehead atoms. The van der Waals surface area contributed by atoms with Crippen LogP contribution >= 0.6 is 31.9 Å². The molecular formula is C15H15Br2NO2S. The largest absolute Gasteiger partial charge is 0.280 e. The number of nitrogens with one attached hydrogen (secondary N) is 1. The van der Waals surface area contributed by atoms with E-state index in [4.69, 9.17) is 0 Å². The van der Waals surface area contributed by atoms with Crippen molar-refractivity contribution in [3.63, 3.8) is 0 Å². The van der Waals surface area contributed by atoms with E-state index in [1.165, 1.54) is 0 Å². The monoisotopic (exact) mass is 431 g/mol. The fourth-order valence-corrected chi connectivity index (χ4v) is 4.59. The van der Waals surface area contributed by atoms with Gasteiger partial charge in [-0.2, -0.15) is 0 Å². The average Bonchev–Trinajstić information content (AvgIpc) is 2.43. The van der Waals surface area contributed by atoms with Gasteiger partial charge >= 0.3 is 0 Å². The van der Waals surface area contributed by atoms with Gasteiger partial charge in [0.2, 0.25) is 0 Å². The Labute approximate surface area is 142 Å². The molecule has 0 saturated heterocycles. The second-order valence-corrected chi connectivity index (χ2v) is 8.05. The molecular weight excluding hydrogens is 418 g/mol. The van der Waals surface area contributed by atoms with Crippen LogP contribution in [0.15, 0.2) is 50.2 Å². The molecule has 2 aromatic rings. The Morgan fingerprint density at radius 3 is 2.24 bits per heavy atom. The molecule has 0 saturated carbocycles. The van der Waals surface area contributed by atoms with Crippen LogP contribution in [0, 0.1) is 6.92 Å². The van der Waals surface area contributed by atoms with Gasteiger partial charge < -0.3 is 0 Å². The molecule has 0 aromatic heterocycles. The lowest BCUT2D eigenvalue weighted by Crippen LogP contribution is -2.13. The lowest BCUT2D eigenvalue weighted by atomic mass is 10.2. The molecule has 0 aliphatic carbocycles. The maximum absolute atomic E-state index is 12.5. The minimum absolute atomic E-state index is 0.208. The van der Waals surface area contributed by atoms with Gasteiger partial charge in [-0.3, -0.25) is 4.72 Å². The van der Waals surface area contributed by atoms with Crippen molar-refractivity contribution in [1.82, 2.24) is 0 Å². The SMILES string of the molecule is CCc1ccc(NS(=O)(=O)c2cc(Br)c(C)cc2Br)cc1. The lowest BCUT2D eigenvalue weighted by molar-refractivity contribution is 0.600. The number of hydrogen-bond donors (Lipinski definition) is 1. The summed E-state index contributed by atoms with van der Waals surface area (Å²) in [7, 11) is -3.63. The highest BCUT2D eigenvalue weighted by Gasteiger charge is 2.19.